The van der Waals surface area contributed by atoms with Crippen molar-refractivity contribution in [3.8, 4) is 28.4 Å². The Morgan fingerprint density at radius 1 is 0.897 bits per heavy atom. The number of hydrogen-bond donors (Lipinski definition) is 0. The van der Waals surface area contributed by atoms with Crippen LogP contribution in [0, 0.1) is 0 Å². The third kappa shape index (κ3) is 3.35. The highest BCUT2D eigenvalue weighted by Crippen LogP contribution is 2.44. The fourth-order valence-electron chi connectivity index (χ4n) is 3.65. The predicted octanol–water partition coefficient (Wildman–Crippen LogP) is 4.33. The molecule has 1 fully saturated rings. The van der Waals surface area contributed by atoms with Gasteiger partial charge in [-0.2, -0.15) is 0 Å². The second-order valence-electron chi connectivity index (χ2n) is 6.97. The third-order valence-corrected chi connectivity index (χ3v) is 5.23. The van der Waals surface area contributed by atoms with E-state index in [4.69, 9.17) is 14.2 Å². The van der Waals surface area contributed by atoms with Crippen molar-refractivity contribution in [3.63, 3.8) is 0 Å². The molecule has 3 aromatic rings. The largest absolute Gasteiger partial charge is 0.493 e. The SMILES string of the molecule is COc1ccc(-c2ccc3cc(C(=O)N4CC(F)C4)ccc3c2)c(OC)c1OC. The number of halogens is 1. The van der Waals surface area contributed by atoms with Crippen LogP contribution in [-0.4, -0.2) is 51.4 Å². The van der Waals surface area contributed by atoms with E-state index in [0.29, 0.717) is 22.8 Å². The number of benzene rings is 3. The van der Waals surface area contributed by atoms with Gasteiger partial charge in [0.05, 0.1) is 34.4 Å². The lowest BCUT2D eigenvalue weighted by atomic mass is 9.98. The van der Waals surface area contributed by atoms with Gasteiger partial charge >= 0.3 is 0 Å². The highest BCUT2D eigenvalue weighted by molar-refractivity contribution is 6.00. The summed E-state index contributed by atoms with van der Waals surface area (Å²) in [5, 5.41) is 1.93. The Hall–Kier alpha value is -3.28. The molecule has 0 N–H and O–H groups in total. The second-order valence-corrected chi connectivity index (χ2v) is 6.97. The molecule has 0 aromatic heterocycles. The van der Waals surface area contributed by atoms with Crippen LogP contribution in [0.15, 0.2) is 48.5 Å². The van der Waals surface area contributed by atoms with E-state index in [1.54, 1.807) is 27.4 Å². The standard InChI is InChI=1S/C23H22FNO4/c1-27-20-9-8-19(21(28-2)22(20)29-3)16-6-4-15-11-17(7-5-14(15)10-16)23(26)25-12-18(24)13-25/h4-11,18H,12-13H2,1-3H3. The first-order valence-electron chi connectivity index (χ1n) is 9.32. The molecule has 5 nitrogen and oxygen atoms in total. The Labute approximate surface area is 168 Å². The maximum absolute atomic E-state index is 13.0. The van der Waals surface area contributed by atoms with Gasteiger partial charge < -0.3 is 19.1 Å². The average molecular weight is 395 g/mol. The molecule has 0 radical (unpaired) electrons. The van der Waals surface area contributed by atoms with E-state index in [1.165, 1.54) is 4.90 Å². The van der Waals surface area contributed by atoms with Crippen molar-refractivity contribution in [1.29, 1.82) is 0 Å². The van der Waals surface area contributed by atoms with Crippen LogP contribution in [0.5, 0.6) is 17.2 Å². The van der Waals surface area contributed by atoms with Crippen LogP contribution in [0.3, 0.4) is 0 Å². The van der Waals surface area contributed by atoms with Gasteiger partial charge in [-0.1, -0.05) is 18.2 Å². The summed E-state index contributed by atoms with van der Waals surface area (Å²) in [6.07, 6.45) is -0.904. The Kier molecular flexibility index (Phi) is 5.01. The Bertz CT molecular complexity index is 1080. The minimum atomic E-state index is -0.904. The molecule has 1 heterocycles. The number of likely N-dealkylation sites (tertiary alicyclic amines) is 1. The summed E-state index contributed by atoms with van der Waals surface area (Å²) in [5.74, 6) is 1.59. The number of nitrogens with zero attached hydrogens (tertiary/aromatic N) is 1. The molecular formula is C23H22FNO4. The number of amides is 1. The smallest absolute Gasteiger partial charge is 0.254 e. The van der Waals surface area contributed by atoms with Gasteiger partial charge in [0.25, 0.3) is 5.91 Å². The van der Waals surface area contributed by atoms with Gasteiger partial charge in [0.2, 0.25) is 5.75 Å². The first-order valence-corrected chi connectivity index (χ1v) is 9.32. The van der Waals surface area contributed by atoms with Gasteiger partial charge in [-0.25, -0.2) is 4.39 Å². The van der Waals surface area contributed by atoms with Crippen molar-refractivity contribution in [2.24, 2.45) is 0 Å². The molecule has 4 rings (SSSR count). The number of carbonyl (C=O) groups is 1. The highest BCUT2D eigenvalue weighted by atomic mass is 19.1. The molecule has 3 aromatic carbocycles. The van der Waals surface area contributed by atoms with Crippen molar-refractivity contribution in [2.75, 3.05) is 34.4 Å². The number of ether oxygens (including phenoxy) is 3. The van der Waals surface area contributed by atoms with E-state index in [1.807, 2.05) is 42.5 Å². The molecule has 1 saturated heterocycles. The lowest BCUT2D eigenvalue weighted by molar-refractivity contribution is 0.0400. The first-order chi connectivity index (χ1) is 14.0. The van der Waals surface area contributed by atoms with Crippen LogP contribution in [0.2, 0.25) is 0 Å². The van der Waals surface area contributed by atoms with Crippen LogP contribution in [0.4, 0.5) is 4.39 Å². The normalized spacial score (nSPS) is 13.9. The number of fused-ring (bicyclic) bond motifs is 1. The van der Waals surface area contributed by atoms with Gasteiger partial charge in [-0.05, 0) is 46.7 Å². The predicted molar refractivity (Wildman–Crippen MR) is 110 cm³/mol. The van der Waals surface area contributed by atoms with E-state index >= 15 is 0 Å². The molecule has 0 saturated carbocycles. The molecule has 1 amide bonds. The molecule has 1 aliphatic rings. The molecule has 0 spiro atoms. The van der Waals surface area contributed by atoms with E-state index in [2.05, 4.69) is 0 Å². The average Bonchev–Trinajstić information content (AvgIpc) is 2.74. The zero-order valence-electron chi connectivity index (χ0n) is 16.6. The fourth-order valence-corrected chi connectivity index (χ4v) is 3.65. The molecule has 0 bridgehead atoms. The van der Waals surface area contributed by atoms with Crippen LogP contribution in [0.25, 0.3) is 21.9 Å². The monoisotopic (exact) mass is 395 g/mol. The van der Waals surface area contributed by atoms with Crippen molar-refractivity contribution >= 4 is 16.7 Å². The zero-order chi connectivity index (χ0) is 20.5. The van der Waals surface area contributed by atoms with Crippen LogP contribution < -0.4 is 14.2 Å². The number of carbonyl (C=O) groups excluding carboxylic acids is 1. The first kappa shape index (κ1) is 19.1. The van der Waals surface area contributed by atoms with Gasteiger partial charge in [-0.15, -0.1) is 0 Å². The molecule has 6 heteroatoms. The molecule has 0 unspecified atom stereocenters. The Balaban J connectivity index is 1.71. The quantitative estimate of drug-likeness (QED) is 0.645. The van der Waals surface area contributed by atoms with E-state index < -0.39 is 6.17 Å². The summed E-state index contributed by atoms with van der Waals surface area (Å²) in [4.78, 5) is 14.0. The minimum Gasteiger partial charge on any atom is -0.493 e. The van der Waals surface area contributed by atoms with Crippen LogP contribution in [0.1, 0.15) is 10.4 Å². The number of methoxy groups -OCH3 is 3. The molecule has 150 valence electrons. The Morgan fingerprint density at radius 2 is 1.59 bits per heavy atom. The van der Waals surface area contributed by atoms with Crippen molar-refractivity contribution in [3.05, 3.63) is 54.1 Å². The number of rotatable bonds is 5. The van der Waals surface area contributed by atoms with Crippen molar-refractivity contribution in [2.45, 2.75) is 6.17 Å². The minimum absolute atomic E-state index is 0.133. The third-order valence-electron chi connectivity index (χ3n) is 5.23. The Morgan fingerprint density at radius 3 is 2.24 bits per heavy atom. The summed E-state index contributed by atoms with van der Waals surface area (Å²) in [7, 11) is 4.75. The summed E-state index contributed by atoms with van der Waals surface area (Å²) >= 11 is 0. The van der Waals surface area contributed by atoms with E-state index in [0.717, 1.165) is 21.9 Å². The second kappa shape index (κ2) is 7.62. The maximum Gasteiger partial charge on any atom is 0.254 e. The van der Waals surface area contributed by atoms with Crippen molar-refractivity contribution in [1.82, 2.24) is 4.90 Å². The van der Waals surface area contributed by atoms with Crippen molar-refractivity contribution < 1.29 is 23.4 Å². The molecule has 0 aliphatic carbocycles. The summed E-state index contributed by atoms with van der Waals surface area (Å²) in [6.45, 7) is 0.351. The number of hydrogen-bond acceptors (Lipinski definition) is 4. The summed E-state index contributed by atoms with van der Waals surface area (Å²) in [6, 6.07) is 15.3. The highest BCUT2D eigenvalue weighted by Gasteiger charge is 2.30. The van der Waals surface area contributed by atoms with Gasteiger partial charge in [0.1, 0.15) is 6.17 Å². The molecule has 0 atom stereocenters. The van der Waals surface area contributed by atoms with Gasteiger partial charge in [-0.3, -0.25) is 4.79 Å². The van der Waals surface area contributed by atoms with E-state index in [-0.39, 0.29) is 19.0 Å². The molecule has 1 aliphatic heterocycles. The summed E-state index contributed by atoms with van der Waals surface area (Å²) < 4.78 is 29.5. The van der Waals surface area contributed by atoms with E-state index in [9.17, 15) is 9.18 Å². The fraction of sp³-hybridized carbons (Fsp3) is 0.261. The lowest BCUT2D eigenvalue weighted by Crippen LogP contribution is -2.51. The zero-order valence-corrected chi connectivity index (χ0v) is 16.6. The number of alkyl halides is 1. The van der Waals surface area contributed by atoms with Crippen LogP contribution >= 0.6 is 0 Å². The molecular weight excluding hydrogens is 373 g/mol. The maximum atomic E-state index is 13.0. The lowest BCUT2D eigenvalue weighted by Gasteiger charge is -2.34. The van der Waals surface area contributed by atoms with Gasteiger partial charge in [0.15, 0.2) is 11.5 Å². The summed E-state index contributed by atoms with van der Waals surface area (Å²) in [5.41, 5.74) is 2.40. The molecule has 29 heavy (non-hydrogen) atoms. The topological polar surface area (TPSA) is 48.0 Å². The van der Waals surface area contributed by atoms with Crippen LogP contribution in [-0.2, 0) is 0 Å². The van der Waals surface area contributed by atoms with Gasteiger partial charge in [0, 0.05) is 11.1 Å².